The zero-order valence-corrected chi connectivity index (χ0v) is 16.4. The normalized spacial score (nSPS) is 17.0. The average molecular weight is 332 g/mol. The molecule has 0 spiro atoms. The molecule has 0 saturated carbocycles. The molecule has 123 valence electrons. The van der Waals surface area contributed by atoms with E-state index in [1.54, 1.807) is 27.1 Å². The summed E-state index contributed by atoms with van der Waals surface area (Å²) in [6.45, 7) is 9.62. The van der Waals surface area contributed by atoms with Crippen LogP contribution in [-0.4, -0.2) is 8.07 Å². The van der Waals surface area contributed by atoms with Crippen molar-refractivity contribution in [2.24, 2.45) is 0 Å². The number of rotatable bonds is 5. The van der Waals surface area contributed by atoms with E-state index in [0.717, 1.165) is 6.42 Å². The summed E-state index contributed by atoms with van der Waals surface area (Å²) in [7, 11) is -1.54. The predicted octanol–water partition coefficient (Wildman–Crippen LogP) is 5.89. The summed E-state index contributed by atoms with van der Waals surface area (Å²) in [5.74, 6) is 0. The third-order valence-corrected chi connectivity index (χ3v) is 9.46. The Labute approximate surface area is 147 Å². The van der Waals surface area contributed by atoms with E-state index in [9.17, 15) is 0 Å². The van der Waals surface area contributed by atoms with Crippen LogP contribution in [0.25, 0.3) is 16.3 Å². The highest BCUT2D eigenvalue weighted by atomic mass is 28.3. The minimum Gasteiger partial charge on any atom is -0.0654 e. The Morgan fingerprint density at radius 3 is 2.29 bits per heavy atom. The van der Waals surface area contributed by atoms with Gasteiger partial charge in [0.05, 0.1) is 0 Å². The van der Waals surface area contributed by atoms with Crippen molar-refractivity contribution in [2.45, 2.75) is 52.6 Å². The van der Waals surface area contributed by atoms with Gasteiger partial charge in [0.1, 0.15) is 8.07 Å². The number of aryl methyl sites for hydroxylation is 1. The van der Waals surface area contributed by atoms with Crippen LogP contribution in [0.5, 0.6) is 0 Å². The SMILES string of the molecule is CCCCc1ccc(-c2c3ccc4c2C(=C(CC)[CH]4)[Si]3(C)C)cc1. The number of benzene rings is 2. The molecule has 0 nitrogen and oxygen atoms in total. The van der Waals surface area contributed by atoms with Crippen LogP contribution in [0.1, 0.15) is 49.8 Å². The van der Waals surface area contributed by atoms with Crippen LogP contribution >= 0.6 is 0 Å². The predicted molar refractivity (Wildman–Crippen MR) is 108 cm³/mol. The molecule has 0 atom stereocenters. The molecule has 0 saturated heterocycles. The monoisotopic (exact) mass is 331 g/mol. The van der Waals surface area contributed by atoms with E-state index in [2.05, 4.69) is 69.8 Å². The molecule has 2 aromatic rings. The van der Waals surface area contributed by atoms with E-state index in [0.29, 0.717) is 0 Å². The van der Waals surface area contributed by atoms with Crippen LogP contribution in [0.15, 0.2) is 42.0 Å². The van der Waals surface area contributed by atoms with Crippen molar-refractivity contribution in [3.05, 3.63) is 65.1 Å². The topological polar surface area (TPSA) is 0 Å². The molecule has 0 amide bonds. The van der Waals surface area contributed by atoms with Crippen molar-refractivity contribution in [1.29, 1.82) is 0 Å². The molecule has 4 rings (SSSR count). The van der Waals surface area contributed by atoms with Crippen molar-refractivity contribution >= 4 is 18.5 Å². The molecule has 0 fully saturated rings. The van der Waals surface area contributed by atoms with Crippen molar-refractivity contribution in [3.63, 3.8) is 0 Å². The first-order chi connectivity index (χ1) is 11.6. The fourth-order valence-electron chi connectivity index (χ4n) is 4.60. The van der Waals surface area contributed by atoms with E-state index < -0.39 is 8.07 Å². The van der Waals surface area contributed by atoms with Gasteiger partial charge in [-0.05, 0) is 57.5 Å². The van der Waals surface area contributed by atoms with Gasteiger partial charge in [-0.2, -0.15) is 0 Å². The van der Waals surface area contributed by atoms with E-state index in [4.69, 9.17) is 0 Å². The molecular formula is C23H27Si. The lowest BCUT2D eigenvalue weighted by Crippen LogP contribution is -2.39. The van der Waals surface area contributed by atoms with Gasteiger partial charge in [0.15, 0.2) is 0 Å². The molecule has 24 heavy (non-hydrogen) atoms. The summed E-state index contributed by atoms with van der Waals surface area (Å²) in [4.78, 5) is 0. The van der Waals surface area contributed by atoms with Crippen LogP contribution in [0.3, 0.4) is 0 Å². The van der Waals surface area contributed by atoms with Gasteiger partial charge in [-0.3, -0.25) is 0 Å². The van der Waals surface area contributed by atoms with Crippen LogP contribution in [0.4, 0.5) is 0 Å². The minimum absolute atomic E-state index is 1.16. The van der Waals surface area contributed by atoms with Crippen LogP contribution in [-0.2, 0) is 6.42 Å². The maximum absolute atomic E-state index is 2.53. The lowest BCUT2D eigenvalue weighted by atomic mass is 9.96. The molecule has 2 aliphatic rings. The highest BCUT2D eigenvalue weighted by Gasteiger charge is 2.45. The molecule has 1 aliphatic carbocycles. The lowest BCUT2D eigenvalue weighted by molar-refractivity contribution is 0.795. The Morgan fingerprint density at radius 1 is 0.875 bits per heavy atom. The summed E-state index contributed by atoms with van der Waals surface area (Å²) in [6.07, 6.45) is 7.36. The second-order valence-corrected chi connectivity index (χ2v) is 12.1. The van der Waals surface area contributed by atoms with E-state index in [1.807, 2.05) is 0 Å². The third kappa shape index (κ3) is 2.18. The Hall–Kier alpha value is -1.60. The van der Waals surface area contributed by atoms with Crippen LogP contribution in [0, 0.1) is 6.42 Å². The summed E-state index contributed by atoms with van der Waals surface area (Å²) < 4.78 is 0. The molecule has 1 heteroatoms. The molecular weight excluding hydrogens is 304 g/mol. The van der Waals surface area contributed by atoms with Gasteiger partial charge in [-0.15, -0.1) is 0 Å². The second kappa shape index (κ2) is 5.74. The first kappa shape index (κ1) is 15.9. The Bertz CT molecular complexity index is 822. The third-order valence-electron chi connectivity index (χ3n) is 5.88. The molecule has 1 aliphatic heterocycles. The second-order valence-electron chi connectivity index (χ2n) is 7.78. The lowest BCUT2D eigenvalue weighted by Gasteiger charge is -2.21. The van der Waals surface area contributed by atoms with Crippen LogP contribution in [0.2, 0.25) is 13.1 Å². The van der Waals surface area contributed by atoms with Crippen LogP contribution < -0.4 is 5.19 Å². The Kier molecular flexibility index (Phi) is 3.80. The van der Waals surface area contributed by atoms with Crippen molar-refractivity contribution in [2.75, 3.05) is 0 Å². The zero-order chi connectivity index (χ0) is 16.9. The Morgan fingerprint density at radius 2 is 1.62 bits per heavy atom. The molecule has 1 heterocycles. The number of hydrogen-bond donors (Lipinski definition) is 0. The first-order valence-corrected chi connectivity index (χ1v) is 12.4. The fourth-order valence-corrected chi connectivity index (χ4v) is 8.21. The number of unbranched alkanes of at least 4 members (excludes halogenated alkanes) is 1. The van der Waals surface area contributed by atoms with Crippen molar-refractivity contribution in [3.8, 4) is 11.1 Å². The molecule has 2 aromatic carbocycles. The molecule has 1 radical (unpaired) electrons. The molecule has 2 bridgehead atoms. The molecule has 0 unspecified atom stereocenters. The van der Waals surface area contributed by atoms with Gasteiger partial charge >= 0.3 is 0 Å². The van der Waals surface area contributed by atoms with Gasteiger partial charge in [0, 0.05) is 6.42 Å². The van der Waals surface area contributed by atoms with Crippen molar-refractivity contribution < 1.29 is 0 Å². The van der Waals surface area contributed by atoms with Crippen molar-refractivity contribution in [1.82, 2.24) is 0 Å². The van der Waals surface area contributed by atoms with Gasteiger partial charge < -0.3 is 0 Å². The Balaban J connectivity index is 1.83. The summed E-state index contributed by atoms with van der Waals surface area (Å²) in [5.41, 5.74) is 9.05. The highest BCUT2D eigenvalue weighted by molar-refractivity contribution is 7.07. The molecule has 0 N–H and O–H groups in total. The number of fused-ring (bicyclic) bond motifs is 1. The quantitative estimate of drug-likeness (QED) is 0.599. The summed E-state index contributed by atoms with van der Waals surface area (Å²) >= 11 is 0. The zero-order valence-electron chi connectivity index (χ0n) is 15.4. The minimum atomic E-state index is -1.54. The average Bonchev–Trinajstić information content (AvgIpc) is 3.05. The standard InChI is InChI=1S/C23H27Si/c1-5-7-8-16-9-11-18(12-10-16)21-20-14-13-19-15-17(6-2)23(22(19)21)24(20,3)4/h9-15H,5-8H2,1-4H3. The maximum atomic E-state index is 2.53. The highest BCUT2D eigenvalue weighted by Crippen LogP contribution is 2.50. The summed E-state index contributed by atoms with van der Waals surface area (Å²) in [5, 5.41) is 3.35. The van der Waals surface area contributed by atoms with Gasteiger partial charge in [-0.1, -0.05) is 75.3 Å². The number of hydrogen-bond acceptors (Lipinski definition) is 0. The smallest absolute Gasteiger partial charge is 0.0654 e. The number of allylic oxidation sites excluding steroid dienone is 1. The van der Waals surface area contributed by atoms with E-state index in [1.165, 1.54) is 36.0 Å². The largest absolute Gasteiger partial charge is 0.113 e. The van der Waals surface area contributed by atoms with Gasteiger partial charge in [0.2, 0.25) is 0 Å². The molecule has 0 aromatic heterocycles. The maximum Gasteiger partial charge on any atom is 0.113 e. The first-order valence-electron chi connectivity index (χ1n) is 9.43. The van der Waals surface area contributed by atoms with Gasteiger partial charge in [-0.25, -0.2) is 0 Å². The van der Waals surface area contributed by atoms with Gasteiger partial charge in [0.25, 0.3) is 0 Å². The van der Waals surface area contributed by atoms with E-state index >= 15 is 0 Å². The summed E-state index contributed by atoms with van der Waals surface area (Å²) in [6, 6.07) is 14.2. The van der Waals surface area contributed by atoms with E-state index in [-0.39, 0.29) is 0 Å². The fraction of sp³-hybridized carbons (Fsp3) is 0.348.